The van der Waals surface area contributed by atoms with E-state index in [2.05, 4.69) is 15.9 Å². The van der Waals surface area contributed by atoms with Crippen molar-refractivity contribution in [3.05, 3.63) is 63.6 Å². The largest absolute Gasteiger partial charge is 0.496 e. The lowest BCUT2D eigenvalue weighted by atomic mass is 10.0. The van der Waals surface area contributed by atoms with E-state index in [1.807, 2.05) is 12.1 Å². The maximum atomic E-state index is 12.3. The van der Waals surface area contributed by atoms with Crippen molar-refractivity contribution in [2.45, 2.75) is 6.42 Å². The van der Waals surface area contributed by atoms with Gasteiger partial charge in [0.25, 0.3) is 0 Å². The molecule has 22 heavy (non-hydrogen) atoms. The number of ketones is 1. The van der Waals surface area contributed by atoms with Gasteiger partial charge >= 0.3 is 5.97 Å². The maximum absolute atomic E-state index is 12.3. The smallest absolute Gasteiger partial charge is 0.341 e. The van der Waals surface area contributed by atoms with Crippen LogP contribution < -0.4 is 4.74 Å². The summed E-state index contributed by atoms with van der Waals surface area (Å²) in [7, 11) is 2.79. The van der Waals surface area contributed by atoms with E-state index in [-0.39, 0.29) is 12.2 Å². The van der Waals surface area contributed by atoms with Crippen LogP contribution in [0.15, 0.2) is 46.9 Å². The van der Waals surface area contributed by atoms with Crippen molar-refractivity contribution in [1.82, 2.24) is 0 Å². The van der Waals surface area contributed by atoms with Gasteiger partial charge in [-0.2, -0.15) is 0 Å². The summed E-state index contributed by atoms with van der Waals surface area (Å²) in [6.07, 6.45) is 0.204. The second kappa shape index (κ2) is 7.22. The van der Waals surface area contributed by atoms with Crippen LogP contribution in [0.5, 0.6) is 5.75 Å². The molecule has 4 nitrogen and oxygen atoms in total. The number of rotatable bonds is 5. The summed E-state index contributed by atoms with van der Waals surface area (Å²) in [4.78, 5) is 24.0. The lowest BCUT2D eigenvalue weighted by molar-refractivity contribution is 0.0596. The van der Waals surface area contributed by atoms with Gasteiger partial charge in [0.1, 0.15) is 11.3 Å². The zero-order valence-electron chi connectivity index (χ0n) is 12.3. The maximum Gasteiger partial charge on any atom is 0.341 e. The normalized spacial score (nSPS) is 10.1. The zero-order chi connectivity index (χ0) is 16.1. The van der Waals surface area contributed by atoms with Crippen LogP contribution >= 0.6 is 15.9 Å². The summed E-state index contributed by atoms with van der Waals surface area (Å²) in [6.45, 7) is 0. The Labute approximate surface area is 137 Å². The van der Waals surface area contributed by atoms with Crippen molar-refractivity contribution in [3.8, 4) is 5.75 Å². The standard InChI is InChI=1S/C17H15BrO4/c1-21-16-8-3-11(9-14(16)17(20)22-2)10-15(19)12-4-6-13(18)7-5-12/h3-9H,10H2,1-2H3. The summed E-state index contributed by atoms with van der Waals surface area (Å²) in [5, 5.41) is 0. The van der Waals surface area contributed by atoms with Crippen LogP contribution in [-0.4, -0.2) is 26.0 Å². The zero-order valence-corrected chi connectivity index (χ0v) is 13.8. The van der Waals surface area contributed by atoms with Crippen molar-refractivity contribution in [2.75, 3.05) is 14.2 Å². The molecule has 0 fully saturated rings. The van der Waals surface area contributed by atoms with Crippen molar-refractivity contribution >= 4 is 27.7 Å². The summed E-state index contributed by atoms with van der Waals surface area (Å²) < 4.78 is 10.8. The summed E-state index contributed by atoms with van der Waals surface area (Å²) >= 11 is 3.33. The minimum absolute atomic E-state index is 0.0199. The van der Waals surface area contributed by atoms with Gasteiger partial charge in [-0.05, 0) is 29.8 Å². The molecule has 0 saturated heterocycles. The quantitative estimate of drug-likeness (QED) is 0.601. The molecule has 0 atom stereocenters. The van der Waals surface area contributed by atoms with Crippen molar-refractivity contribution in [1.29, 1.82) is 0 Å². The monoisotopic (exact) mass is 362 g/mol. The fourth-order valence-electron chi connectivity index (χ4n) is 2.06. The summed E-state index contributed by atoms with van der Waals surface area (Å²) in [5.74, 6) is -0.0880. The van der Waals surface area contributed by atoms with Crippen LogP contribution in [0.3, 0.4) is 0 Å². The molecule has 114 valence electrons. The van der Waals surface area contributed by atoms with E-state index in [9.17, 15) is 9.59 Å². The Morgan fingerprint density at radius 1 is 1.05 bits per heavy atom. The highest BCUT2D eigenvalue weighted by Gasteiger charge is 2.15. The Morgan fingerprint density at radius 3 is 2.32 bits per heavy atom. The van der Waals surface area contributed by atoms with Crippen molar-refractivity contribution in [2.24, 2.45) is 0 Å². The first-order chi connectivity index (χ1) is 10.5. The first-order valence-corrected chi connectivity index (χ1v) is 7.38. The molecule has 0 heterocycles. The number of benzene rings is 2. The minimum atomic E-state index is -0.491. The molecule has 0 bridgehead atoms. The lowest BCUT2D eigenvalue weighted by Crippen LogP contribution is -2.07. The Balaban J connectivity index is 2.24. The van der Waals surface area contributed by atoms with E-state index in [0.29, 0.717) is 16.9 Å². The number of carbonyl (C=O) groups is 2. The number of carbonyl (C=O) groups excluding carboxylic acids is 2. The number of methoxy groups -OCH3 is 2. The van der Waals surface area contributed by atoms with Crippen molar-refractivity contribution < 1.29 is 19.1 Å². The SMILES string of the molecule is COC(=O)c1cc(CC(=O)c2ccc(Br)cc2)ccc1OC. The first-order valence-electron chi connectivity index (χ1n) is 6.59. The van der Waals surface area contributed by atoms with Gasteiger partial charge in [0.15, 0.2) is 5.78 Å². The van der Waals surface area contributed by atoms with Gasteiger partial charge in [-0.1, -0.05) is 34.1 Å². The highest BCUT2D eigenvalue weighted by Crippen LogP contribution is 2.22. The van der Waals surface area contributed by atoms with Crippen LogP contribution in [0.2, 0.25) is 0 Å². The molecule has 0 saturated carbocycles. The Morgan fingerprint density at radius 2 is 1.73 bits per heavy atom. The third kappa shape index (κ3) is 3.74. The summed E-state index contributed by atoms with van der Waals surface area (Å²) in [6, 6.07) is 12.2. The average Bonchev–Trinajstić information content (AvgIpc) is 2.54. The molecule has 0 spiro atoms. The van der Waals surface area contributed by atoms with Gasteiger partial charge in [-0.3, -0.25) is 4.79 Å². The number of esters is 1. The molecule has 0 aromatic heterocycles. The Bertz CT molecular complexity index is 692. The van der Waals surface area contributed by atoms with Gasteiger partial charge < -0.3 is 9.47 Å². The third-order valence-electron chi connectivity index (χ3n) is 3.20. The highest BCUT2D eigenvalue weighted by atomic mass is 79.9. The van der Waals surface area contributed by atoms with Crippen LogP contribution in [0.4, 0.5) is 0 Å². The van der Waals surface area contributed by atoms with Gasteiger partial charge in [-0.15, -0.1) is 0 Å². The predicted molar refractivity (Wildman–Crippen MR) is 86.5 cm³/mol. The Hall–Kier alpha value is -2.14. The molecule has 0 aliphatic rings. The number of Topliss-reactive ketones (excluding diaryl/α,β-unsaturated/α-hetero) is 1. The molecular weight excluding hydrogens is 348 g/mol. The second-order valence-electron chi connectivity index (χ2n) is 4.63. The molecule has 5 heteroatoms. The topological polar surface area (TPSA) is 52.6 Å². The Kier molecular flexibility index (Phi) is 5.33. The average molecular weight is 363 g/mol. The number of hydrogen-bond acceptors (Lipinski definition) is 4. The second-order valence-corrected chi connectivity index (χ2v) is 5.55. The molecular formula is C17H15BrO4. The molecule has 0 unspecified atom stereocenters. The van der Waals surface area contributed by atoms with Crippen LogP contribution in [0.25, 0.3) is 0 Å². The molecule has 0 radical (unpaired) electrons. The number of hydrogen-bond donors (Lipinski definition) is 0. The highest BCUT2D eigenvalue weighted by molar-refractivity contribution is 9.10. The van der Waals surface area contributed by atoms with Gasteiger partial charge in [0, 0.05) is 16.5 Å². The molecule has 0 amide bonds. The number of ether oxygens (including phenoxy) is 2. The van der Waals surface area contributed by atoms with E-state index in [4.69, 9.17) is 9.47 Å². The van der Waals surface area contributed by atoms with E-state index in [1.165, 1.54) is 14.2 Å². The molecule has 0 N–H and O–H groups in total. The van der Waals surface area contributed by atoms with E-state index < -0.39 is 5.97 Å². The van der Waals surface area contributed by atoms with Gasteiger partial charge in [0.05, 0.1) is 14.2 Å². The molecule has 2 aromatic carbocycles. The van der Waals surface area contributed by atoms with Gasteiger partial charge in [0.2, 0.25) is 0 Å². The fraction of sp³-hybridized carbons (Fsp3) is 0.176. The number of halogens is 1. The van der Waals surface area contributed by atoms with Crippen LogP contribution in [-0.2, 0) is 11.2 Å². The van der Waals surface area contributed by atoms with E-state index in [1.54, 1.807) is 30.3 Å². The fourth-order valence-corrected chi connectivity index (χ4v) is 2.32. The van der Waals surface area contributed by atoms with E-state index >= 15 is 0 Å². The minimum Gasteiger partial charge on any atom is -0.496 e. The summed E-state index contributed by atoms with van der Waals surface area (Å²) in [5.41, 5.74) is 1.67. The molecule has 2 rings (SSSR count). The van der Waals surface area contributed by atoms with Gasteiger partial charge in [-0.25, -0.2) is 4.79 Å². The lowest BCUT2D eigenvalue weighted by Gasteiger charge is -2.09. The predicted octanol–water partition coefficient (Wildman–Crippen LogP) is 3.67. The first kappa shape index (κ1) is 16.2. The van der Waals surface area contributed by atoms with Crippen LogP contribution in [0.1, 0.15) is 26.3 Å². The third-order valence-corrected chi connectivity index (χ3v) is 3.73. The molecule has 0 aliphatic heterocycles. The molecule has 0 aliphatic carbocycles. The van der Waals surface area contributed by atoms with E-state index in [0.717, 1.165) is 10.0 Å². The molecule has 2 aromatic rings. The van der Waals surface area contributed by atoms with Crippen molar-refractivity contribution in [3.63, 3.8) is 0 Å². The van der Waals surface area contributed by atoms with Crippen LogP contribution in [0, 0.1) is 0 Å².